The van der Waals surface area contributed by atoms with Gasteiger partial charge < -0.3 is 20.4 Å². The van der Waals surface area contributed by atoms with Gasteiger partial charge in [-0.3, -0.25) is 0 Å². The monoisotopic (exact) mass is 230 g/mol. The summed E-state index contributed by atoms with van der Waals surface area (Å²) in [6.07, 6.45) is 3.31. The number of fused-ring (bicyclic) bond motifs is 1. The molecule has 2 fully saturated rings. The van der Waals surface area contributed by atoms with E-state index < -0.39 is 29.3 Å². The van der Waals surface area contributed by atoms with Gasteiger partial charge in [0.1, 0.15) is 0 Å². The number of aliphatic hydroxyl groups is 4. The molecular weight excluding hydrogens is 208 g/mol. The van der Waals surface area contributed by atoms with E-state index >= 15 is 0 Å². The fourth-order valence-electron chi connectivity index (χ4n) is 3.56. The van der Waals surface area contributed by atoms with Crippen molar-refractivity contribution in [2.24, 2.45) is 23.7 Å². The second-order valence-electron chi connectivity index (χ2n) is 5.59. The van der Waals surface area contributed by atoms with Crippen LogP contribution in [-0.4, -0.2) is 32.0 Å². The molecule has 2 aliphatic rings. The summed E-state index contributed by atoms with van der Waals surface area (Å²) in [5, 5.41) is 40.1. The predicted octanol–water partition coefficient (Wildman–Crippen LogP) is 0.440. The molecule has 4 heteroatoms. The summed E-state index contributed by atoms with van der Waals surface area (Å²) >= 11 is 0. The Balaban J connectivity index is 2.27. The highest BCUT2D eigenvalue weighted by Gasteiger charge is 2.65. The van der Waals surface area contributed by atoms with E-state index in [-0.39, 0.29) is 0 Å². The molecule has 4 nitrogen and oxygen atoms in total. The summed E-state index contributed by atoms with van der Waals surface area (Å²) in [7, 11) is 0. The number of rotatable bonds is 1. The van der Waals surface area contributed by atoms with Crippen LogP contribution in [0, 0.1) is 23.7 Å². The van der Waals surface area contributed by atoms with Crippen molar-refractivity contribution < 1.29 is 20.4 Å². The molecule has 0 spiro atoms. The van der Waals surface area contributed by atoms with Crippen LogP contribution in [0.25, 0.3) is 0 Å². The number of hydrogen-bond donors (Lipinski definition) is 4. The molecule has 0 aliphatic heterocycles. The Bertz CT molecular complexity index is 274. The van der Waals surface area contributed by atoms with E-state index in [4.69, 9.17) is 0 Å². The lowest BCUT2D eigenvalue weighted by Crippen LogP contribution is -2.44. The minimum Gasteiger partial charge on any atom is -0.365 e. The molecule has 4 atom stereocenters. The minimum atomic E-state index is -1.94. The highest BCUT2D eigenvalue weighted by molar-refractivity contribution is 5.06. The van der Waals surface area contributed by atoms with Crippen molar-refractivity contribution in [2.45, 2.75) is 51.1 Å². The normalized spacial score (nSPS) is 45.4. The highest BCUT2D eigenvalue weighted by atomic mass is 16.5. The molecule has 2 rings (SSSR count). The lowest BCUT2D eigenvalue weighted by Gasteiger charge is -2.37. The second kappa shape index (κ2) is 3.67. The van der Waals surface area contributed by atoms with Crippen LogP contribution >= 0.6 is 0 Å². The Morgan fingerprint density at radius 3 is 2.12 bits per heavy atom. The Morgan fingerprint density at radius 1 is 1.00 bits per heavy atom. The van der Waals surface area contributed by atoms with E-state index in [0.717, 1.165) is 12.8 Å². The van der Waals surface area contributed by atoms with Gasteiger partial charge in [0, 0.05) is 11.8 Å². The molecule has 0 radical (unpaired) electrons. The van der Waals surface area contributed by atoms with E-state index in [1.54, 1.807) is 0 Å². The molecule has 0 amide bonds. The van der Waals surface area contributed by atoms with E-state index in [2.05, 4.69) is 6.92 Å². The fraction of sp³-hybridized carbons (Fsp3) is 1.00. The maximum atomic E-state index is 10.0. The zero-order valence-electron chi connectivity index (χ0n) is 9.93. The Kier molecular flexibility index (Phi) is 2.82. The van der Waals surface area contributed by atoms with Gasteiger partial charge in [-0.25, -0.2) is 0 Å². The van der Waals surface area contributed by atoms with Crippen LogP contribution in [0.1, 0.15) is 39.5 Å². The summed E-state index contributed by atoms with van der Waals surface area (Å²) in [5.41, 5.74) is 0. The predicted molar refractivity (Wildman–Crippen MR) is 58.1 cm³/mol. The summed E-state index contributed by atoms with van der Waals surface area (Å²) in [4.78, 5) is 0. The molecule has 0 aromatic rings. The molecule has 0 heterocycles. The third-order valence-electron chi connectivity index (χ3n) is 4.90. The molecule has 2 saturated carbocycles. The summed E-state index contributed by atoms with van der Waals surface area (Å²) < 4.78 is 0. The fourth-order valence-corrected chi connectivity index (χ4v) is 3.56. The standard InChI is InChI=1S/C12H22O4/c1-3-8-4-5-9-10(6-8)12(15,16)7(2)11(9,13)14/h7-10,13-16H,3-6H2,1-2H3/t7-,8?,9?,10?/m1/s1. The molecule has 0 aromatic carbocycles. The topological polar surface area (TPSA) is 80.9 Å². The van der Waals surface area contributed by atoms with Gasteiger partial charge in [-0.1, -0.05) is 20.3 Å². The number of hydrogen-bond acceptors (Lipinski definition) is 4. The molecule has 16 heavy (non-hydrogen) atoms. The van der Waals surface area contributed by atoms with Crippen LogP contribution < -0.4 is 0 Å². The van der Waals surface area contributed by atoms with Crippen molar-refractivity contribution >= 4 is 0 Å². The smallest absolute Gasteiger partial charge is 0.173 e. The van der Waals surface area contributed by atoms with E-state index in [1.807, 2.05) is 0 Å². The first-order chi connectivity index (χ1) is 7.31. The lowest BCUT2D eigenvalue weighted by atomic mass is 9.72. The Morgan fingerprint density at radius 2 is 1.56 bits per heavy atom. The molecule has 0 bridgehead atoms. The zero-order chi connectivity index (χ0) is 12.1. The first-order valence-corrected chi connectivity index (χ1v) is 6.21. The third-order valence-corrected chi connectivity index (χ3v) is 4.90. The van der Waals surface area contributed by atoms with Gasteiger partial charge in [-0.15, -0.1) is 0 Å². The summed E-state index contributed by atoms with van der Waals surface area (Å²) in [6.45, 7) is 3.59. The molecule has 94 valence electrons. The van der Waals surface area contributed by atoms with Crippen LogP contribution in [0.3, 0.4) is 0 Å². The van der Waals surface area contributed by atoms with Gasteiger partial charge >= 0.3 is 0 Å². The first-order valence-electron chi connectivity index (χ1n) is 6.21. The molecule has 0 aromatic heterocycles. The van der Waals surface area contributed by atoms with Crippen molar-refractivity contribution in [3.8, 4) is 0 Å². The maximum absolute atomic E-state index is 10.0. The Hall–Kier alpha value is -0.160. The lowest BCUT2D eigenvalue weighted by molar-refractivity contribution is -0.263. The van der Waals surface area contributed by atoms with Crippen molar-refractivity contribution in [2.75, 3.05) is 0 Å². The van der Waals surface area contributed by atoms with Crippen LogP contribution in [0.4, 0.5) is 0 Å². The van der Waals surface area contributed by atoms with E-state index in [1.165, 1.54) is 6.92 Å². The minimum absolute atomic E-state index is 0.403. The molecular formula is C12H22O4. The van der Waals surface area contributed by atoms with Gasteiger partial charge in [0.05, 0.1) is 5.92 Å². The summed E-state index contributed by atoms with van der Waals surface area (Å²) in [6, 6.07) is 0. The van der Waals surface area contributed by atoms with Crippen LogP contribution in [0.2, 0.25) is 0 Å². The largest absolute Gasteiger partial charge is 0.365 e. The van der Waals surface area contributed by atoms with E-state index in [0.29, 0.717) is 18.8 Å². The van der Waals surface area contributed by atoms with Gasteiger partial charge in [0.2, 0.25) is 0 Å². The molecule has 3 unspecified atom stereocenters. The van der Waals surface area contributed by atoms with Crippen LogP contribution in [0.5, 0.6) is 0 Å². The van der Waals surface area contributed by atoms with Gasteiger partial charge in [-0.05, 0) is 25.2 Å². The van der Waals surface area contributed by atoms with Gasteiger partial charge in [0.25, 0.3) is 0 Å². The zero-order valence-corrected chi connectivity index (χ0v) is 9.93. The Labute approximate surface area is 95.9 Å². The SMILES string of the molecule is CCC1CCC2C(C1)C(O)(O)[C@H](C)C2(O)O. The van der Waals surface area contributed by atoms with Crippen molar-refractivity contribution in [3.05, 3.63) is 0 Å². The average molecular weight is 230 g/mol. The van der Waals surface area contributed by atoms with Crippen molar-refractivity contribution in [1.82, 2.24) is 0 Å². The molecule has 0 saturated heterocycles. The van der Waals surface area contributed by atoms with Crippen molar-refractivity contribution in [1.29, 1.82) is 0 Å². The van der Waals surface area contributed by atoms with Crippen molar-refractivity contribution in [3.63, 3.8) is 0 Å². The maximum Gasteiger partial charge on any atom is 0.173 e. The van der Waals surface area contributed by atoms with Gasteiger partial charge in [-0.2, -0.15) is 0 Å². The van der Waals surface area contributed by atoms with Crippen LogP contribution in [0.15, 0.2) is 0 Å². The molecule has 2 aliphatic carbocycles. The average Bonchev–Trinajstić information content (AvgIpc) is 2.38. The highest BCUT2D eigenvalue weighted by Crippen LogP contribution is 2.55. The second-order valence-corrected chi connectivity index (χ2v) is 5.59. The summed E-state index contributed by atoms with van der Waals surface area (Å²) in [5.74, 6) is -5.13. The van der Waals surface area contributed by atoms with Crippen LogP contribution in [-0.2, 0) is 0 Å². The van der Waals surface area contributed by atoms with E-state index in [9.17, 15) is 20.4 Å². The third kappa shape index (κ3) is 1.51. The van der Waals surface area contributed by atoms with Gasteiger partial charge in [0.15, 0.2) is 11.6 Å². The first kappa shape index (κ1) is 12.3. The quantitative estimate of drug-likeness (QED) is 0.493. The molecule has 4 N–H and O–H groups in total.